The average Bonchev–Trinajstić information content (AvgIpc) is 2.40. The number of fused-ring (bicyclic) bond motifs is 5. The summed E-state index contributed by atoms with van der Waals surface area (Å²) in [5.41, 5.74) is 1.58. The summed E-state index contributed by atoms with van der Waals surface area (Å²) >= 11 is 0. The van der Waals surface area contributed by atoms with Gasteiger partial charge in [-0.25, -0.2) is 0 Å². The molecule has 54 valence electrons. The van der Waals surface area contributed by atoms with E-state index in [1.54, 1.807) is 18.4 Å². The van der Waals surface area contributed by atoms with Crippen LogP contribution in [0.2, 0.25) is 0 Å². The molecule has 0 N–H and O–H groups in total. The molecule has 4 atom stereocenters. The summed E-state index contributed by atoms with van der Waals surface area (Å²) in [5.74, 6) is 4.31. The van der Waals surface area contributed by atoms with Crippen molar-refractivity contribution in [2.45, 2.75) is 25.7 Å². The average molecular weight is 134 g/mol. The van der Waals surface area contributed by atoms with Crippen LogP contribution in [0.1, 0.15) is 25.7 Å². The molecule has 2 bridgehead atoms. The van der Waals surface area contributed by atoms with Gasteiger partial charge in [0.2, 0.25) is 0 Å². The Morgan fingerprint density at radius 2 is 2.00 bits per heavy atom. The summed E-state index contributed by atoms with van der Waals surface area (Å²) in [7, 11) is 0. The van der Waals surface area contributed by atoms with Gasteiger partial charge in [0, 0.05) is 0 Å². The molecule has 0 aromatic rings. The highest BCUT2D eigenvalue weighted by atomic mass is 14.6. The van der Waals surface area contributed by atoms with Crippen LogP contribution in [0, 0.1) is 23.7 Å². The SMILES string of the molecule is C=C1CC2C3CCC(C3)C12. The molecule has 0 aromatic carbocycles. The quantitative estimate of drug-likeness (QED) is 0.447. The van der Waals surface area contributed by atoms with Crippen LogP contribution in [-0.4, -0.2) is 0 Å². The number of hydrogen-bond donors (Lipinski definition) is 0. The van der Waals surface area contributed by atoms with E-state index in [0.29, 0.717) is 0 Å². The first-order valence-corrected chi connectivity index (χ1v) is 4.54. The lowest BCUT2D eigenvalue weighted by molar-refractivity contribution is 0.179. The van der Waals surface area contributed by atoms with Crippen molar-refractivity contribution in [1.29, 1.82) is 0 Å². The molecule has 0 aliphatic heterocycles. The minimum atomic E-state index is 0.999. The Labute approximate surface area is 62.3 Å². The van der Waals surface area contributed by atoms with Gasteiger partial charge in [-0.1, -0.05) is 12.2 Å². The monoisotopic (exact) mass is 134 g/mol. The molecule has 0 spiro atoms. The number of rotatable bonds is 0. The molecule has 0 saturated heterocycles. The summed E-state index contributed by atoms with van der Waals surface area (Å²) < 4.78 is 0. The fourth-order valence-electron chi connectivity index (χ4n) is 3.62. The maximum atomic E-state index is 4.12. The molecule has 0 aromatic heterocycles. The molecule has 0 heteroatoms. The predicted molar refractivity (Wildman–Crippen MR) is 41.6 cm³/mol. The maximum Gasteiger partial charge on any atom is -0.0143 e. The second-order valence-electron chi connectivity index (χ2n) is 4.39. The van der Waals surface area contributed by atoms with Crippen LogP contribution in [0.4, 0.5) is 0 Å². The van der Waals surface area contributed by atoms with Crippen molar-refractivity contribution < 1.29 is 0 Å². The van der Waals surface area contributed by atoms with Gasteiger partial charge in [0.15, 0.2) is 0 Å². The van der Waals surface area contributed by atoms with Crippen molar-refractivity contribution in [1.82, 2.24) is 0 Å². The smallest absolute Gasteiger partial charge is 0.0143 e. The van der Waals surface area contributed by atoms with E-state index in [1.807, 2.05) is 0 Å². The summed E-state index contributed by atoms with van der Waals surface area (Å²) in [4.78, 5) is 0. The van der Waals surface area contributed by atoms with Gasteiger partial charge in [0.1, 0.15) is 0 Å². The normalized spacial score (nSPS) is 56.6. The van der Waals surface area contributed by atoms with Crippen LogP contribution in [0.3, 0.4) is 0 Å². The van der Waals surface area contributed by atoms with Crippen molar-refractivity contribution in [2.75, 3.05) is 0 Å². The van der Waals surface area contributed by atoms with Crippen LogP contribution in [0.25, 0.3) is 0 Å². The van der Waals surface area contributed by atoms with Crippen molar-refractivity contribution in [3.05, 3.63) is 12.2 Å². The highest BCUT2D eigenvalue weighted by molar-refractivity contribution is 5.22. The third-order valence-electron chi connectivity index (χ3n) is 4.06. The fourth-order valence-corrected chi connectivity index (χ4v) is 3.62. The molecule has 3 rings (SSSR count). The molecular weight excluding hydrogens is 120 g/mol. The zero-order valence-electron chi connectivity index (χ0n) is 6.34. The number of hydrogen-bond acceptors (Lipinski definition) is 0. The van der Waals surface area contributed by atoms with Gasteiger partial charge in [-0.3, -0.25) is 0 Å². The van der Waals surface area contributed by atoms with Gasteiger partial charge in [-0.2, -0.15) is 0 Å². The second-order valence-corrected chi connectivity index (χ2v) is 4.39. The standard InChI is InChI=1S/C10H14/c1-6-4-9-7-2-3-8(5-7)10(6)9/h7-10H,1-5H2. The van der Waals surface area contributed by atoms with E-state index in [2.05, 4.69) is 6.58 Å². The molecular formula is C10H14. The Bertz CT molecular complexity index is 190. The lowest BCUT2D eigenvalue weighted by atomic mass is 9.63. The second kappa shape index (κ2) is 1.49. The molecule has 0 nitrogen and oxygen atoms in total. The third kappa shape index (κ3) is 0.426. The molecule has 0 amide bonds. The van der Waals surface area contributed by atoms with Gasteiger partial charge in [-0.05, 0) is 49.4 Å². The zero-order valence-corrected chi connectivity index (χ0v) is 6.34. The molecule has 3 aliphatic carbocycles. The van der Waals surface area contributed by atoms with Crippen LogP contribution in [0.5, 0.6) is 0 Å². The Morgan fingerprint density at radius 1 is 1.20 bits per heavy atom. The van der Waals surface area contributed by atoms with E-state index < -0.39 is 0 Å². The summed E-state index contributed by atoms with van der Waals surface area (Å²) in [6, 6.07) is 0. The molecule has 3 fully saturated rings. The molecule has 3 saturated carbocycles. The van der Waals surface area contributed by atoms with Gasteiger partial charge < -0.3 is 0 Å². The van der Waals surface area contributed by atoms with Crippen LogP contribution in [-0.2, 0) is 0 Å². The van der Waals surface area contributed by atoms with Crippen molar-refractivity contribution >= 4 is 0 Å². The van der Waals surface area contributed by atoms with E-state index in [1.165, 1.54) is 12.8 Å². The lowest BCUT2D eigenvalue weighted by Gasteiger charge is -2.42. The first-order valence-electron chi connectivity index (χ1n) is 4.54. The van der Waals surface area contributed by atoms with E-state index in [9.17, 15) is 0 Å². The van der Waals surface area contributed by atoms with E-state index in [4.69, 9.17) is 0 Å². The van der Waals surface area contributed by atoms with E-state index in [-0.39, 0.29) is 0 Å². The first-order chi connectivity index (χ1) is 4.86. The zero-order chi connectivity index (χ0) is 6.72. The minimum absolute atomic E-state index is 0.999. The lowest BCUT2D eigenvalue weighted by Crippen LogP contribution is -2.33. The maximum absolute atomic E-state index is 4.12. The minimum Gasteiger partial charge on any atom is -0.0995 e. The molecule has 0 heterocycles. The van der Waals surface area contributed by atoms with Gasteiger partial charge >= 0.3 is 0 Å². The van der Waals surface area contributed by atoms with E-state index in [0.717, 1.165) is 23.7 Å². The summed E-state index contributed by atoms with van der Waals surface area (Å²) in [5, 5.41) is 0. The Kier molecular flexibility index (Phi) is 0.805. The Morgan fingerprint density at radius 3 is 2.60 bits per heavy atom. The van der Waals surface area contributed by atoms with Crippen molar-refractivity contribution in [2.24, 2.45) is 23.7 Å². The largest absolute Gasteiger partial charge is 0.0995 e. The molecule has 3 aliphatic rings. The van der Waals surface area contributed by atoms with Crippen LogP contribution >= 0.6 is 0 Å². The summed E-state index contributed by atoms with van der Waals surface area (Å²) in [6.07, 6.45) is 5.99. The van der Waals surface area contributed by atoms with Crippen LogP contribution < -0.4 is 0 Å². The predicted octanol–water partition coefficient (Wildman–Crippen LogP) is 2.61. The van der Waals surface area contributed by atoms with Crippen molar-refractivity contribution in [3.63, 3.8) is 0 Å². The van der Waals surface area contributed by atoms with Gasteiger partial charge in [0.25, 0.3) is 0 Å². The highest BCUT2D eigenvalue weighted by Gasteiger charge is 2.53. The fraction of sp³-hybridized carbons (Fsp3) is 0.800. The van der Waals surface area contributed by atoms with Gasteiger partial charge in [0.05, 0.1) is 0 Å². The van der Waals surface area contributed by atoms with Gasteiger partial charge in [-0.15, -0.1) is 0 Å². The molecule has 0 radical (unpaired) electrons. The van der Waals surface area contributed by atoms with Crippen LogP contribution in [0.15, 0.2) is 12.2 Å². The number of allylic oxidation sites excluding steroid dienone is 1. The topological polar surface area (TPSA) is 0 Å². The van der Waals surface area contributed by atoms with E-state index >= 15 is 0 Å². The Balaban J connectivity index is 1.95. The van der Waals surface area contributed by atoms with Crippen molar-refractivity contribution in [3.8, 4) is 0 Å². The molecule has 10 heavy (non-hydrogen) atoms. The third-order valence-corrected chi connectivity index (χ3v) is 4.06. The highest BCUT2D eigenvalue weighted by Crippen LogP contribution is 2.62. The summed E-state index contributed by atoms with van der Waals surface area (Å²) in [6.45, 7) is 4.12. The Hall–Kier alpha value is -0.260. The first kappa shape index (κ1) is 5.40. The molecule has 4 unspecified atom stereocenters.